The molecule has 0 aliphatic heterocycles. The number of halogens is 2. The number of carbonyl (C=O) groups excluding carboxylic acids is 2. The number of hydrogen-bond acceptors (Lipinski definition) is 3. The maximum absolute atomic E-state index is 11.9. The first-order chi connectivity index (χ1) is 7.81. The summed E-state index contributed by atoms with van der Waals surface area (Å²) >= 11 is 8.64. The van der Waals surface area contributed by atoms with Gasteiger partial charge in [-0.05, 0) is 12.8 Å². The molecule has 0 saturated heterocycles. The van der Waals surface area contributed by atoms with Gasteiger partial charge in [0.25, 0.3) is 0 Å². The normalized spacial score (nSPS) is 13.2. The molecule has 0 aromatic heterocycles. The Labute approximate surface area is 116 Å². The summed E-state index contributed by atoms with van der Waals surface area (Å²) in [6.45, 7) is 5.58. The summed E-state index contributed by atoms with van der Waals surface area (Å²) in [5.74, 6) is 0.261. The van der Waals surface area contributed by atoms with Crippen molar-refractivity contribution in [3.63, 3.8) is 0 Å². The molecule has 1 unspecified atom stereocenters. The molecule has 0 saturated carbocycles. The fourth-order valence-corrected chi connectivity index (χ4v) is 1.52. The van der Waals surface area contributed by atoms with Crippen LogP contribution in [0.2, 0.25) is 0 Å². The molecular weight excluding hydrogens is 307 g/mol. The monoisotopic (exact) mass is 326 g/mol. The van der Waals surface area contributed by atoms with Gasteiger partial charge in [-0.3, -0.25) is 9.59 Å². The summed E-state index contributed by atoms with van der Waals surface area (Å²) in [7, 11) is 0. The van der Waals surface area contributed by atoms with Crippen LogP contribution >= 0.6 is 27.5 Å². The van der Waals surface area contributed by atoms with E-state index in [9.17, 15) is 9.59 Å². The highest BCUT2D eigenvalue weighted by Gasteiger charge is 2.26. The van der Waals surface area contributed by atoms with E-state index in [4.69, 9.17) is 16.3 Å². The van der Waals surface area contributed by atoms with E-state index in [0.29, 0.717) is 12.3 Å². The topological polar surface area (TPSA) is 43.4 Å². The highest BCUT2D eigenvalue weighted by Crippen LogP contribution is 2.20. The maximum Gasteiger partial charge on any atom is 0.316 e. The molecule has 0 bridgehead atoms. The Morgan fingerprint density at radius 3 is 2.35 bits per heavy atom. The number of carbonyl (C=O) groups is 2. The average molecular weight is 328 g/mol. The first-order valence-electron chi connectivity index (χ1n) is 5.66. The lowest BCUT2D eigenvalue weighted by molar-refractivity contribution is -0.148. The zero-order valence-corrected chi connectivity index (χ0v) is 12.9. The molecule has 17 heavy (non-hydrogen) atoms. The minimum absolute atomic E-state index is 0.0967. The van der Waals surface area contributed by atoms with Crippen molar-refractivity contribution in [3.05, 3.63) is 0 Å². The third-order valence-corrected chi connectivity index (χ3v) is 3.04. The standard InChI is InChI=1S/C12H20BrClO3/c1-12(2,3)10(15)7-9(5-4-6-14)17-11(16)8-13/h9H,4-8H2,1-3H3. The van der Waals surface area contributed by atoms with Gasteiger partial charge in [-0.2, -0.15) is 0 Å². The van der Waals surface area contributed by atoms with Crippen molar-refractivity contribution in [2.45, 2.75) is 46.1 Å². The van der Waals surface area contributed by atoms with Gasteiger partial charge in [-0.1, -0.05) is 36.7 Å². The Balaban J connectivity index is 4.37. The van der Waals surface area contributed by atoms with Crippen LogP contribution in [-0.2, 0) is 14.3 Å². The van der Waals surface area contributed by atoms with E-state index in [1.807, 2.05) is 20.8 Å². The molecule has 0 aliphatic rings. The van der Waals surface area contributed by atoms with Crippen molar-refractivity contribution < 1.29 is 14.3 Å². The van der Waals surface area contributed by atoms with Gasteiger partial charge in [0, 0.05) is 17.7 Å². The number of rotatable bonds is 7. The van der Waals surface area contributed by atoms with Crippen molar-refractivity contribution in [1.82, 2.24) is 0 Å². The third kappa shape index (κ3) is 7.77. The van der Waals surface area contributed by atoms with E-state index in [1.165, 1.54) is 0 Å². The molecule has 3 nitrogen and oxygen atoms in total. The average Bonchev–Trinajstić information content (AvgIpc) is 2.24. The second kappa shape index (κ2) is 8.09. The van der Waals surface area contributed by atoms with Crippen LogP contribution in [0.15, 0.2) is 0 Å². The van der Waals surface area contributed by atoms with Crippen LogP contribution in [-0.4, -0.2) is 29.1 Å². The van der Waals surface area contributed by atoms with Gasteiger partial charge in [-0.15, -0.1) is 11.6 Å². The largest absolute Gasteiger partial charge is 0.461 e. The zero-order valence-electron chi connectivity index (χ0n) is 10.6. The summed E-state index contributed by atoms with van der Waals surface area (Å²) in [5.41, 5.74) is -0.403. The van der Waals surface area contributed by atoms with Gasteiger partial charge in [0.15, 0.2) is 0 Å². The molecule has 0 aliphatic carbocycles. The van der Waals surface area contributed by atoms with Gasteiger partial charge in [-0.25, -0.2) is 0 Å². The predicted molar refractivity (Wildman–Crippen MR) is 72.7 cm³/mol. The van der Waals surface area contributed by atoms with Crippen molar-refractivity contribution in [2.75, 3.05) is 11.2 Å². The molecule has 0 radical (unpaired) electrons. The first-order valence-corrected chi connectivity index (χ1v) is 7.31. The van der Waals surface area contributed by atoms with Gasteiger partial charge in [0.1, 0.15) is 17.2 Å². The van der Waals surface area contributed by atoms with E-state index in [2.05, 4.69) is 15.9 Å². The molecule has 0 N–H and O–H groups in total. The van der Waals surface area contributed by atoms with Crippen LogP contribution in [0, 0.1) is 5.41 Å². The van der Waals surface area contributed by atoms with Crippen LogP contribution in [0.4, 0.5) is 0 Å². The second-order valence-corrected chi connectivity index (χ2v) is 5.89. The van der Waals surface area contributed by atoms with E-state index in [0.717, 1.165) is 6.42 Å². The molecular formula is C12H20BrClO3. The van der Waals surface area contributed by atoms with Crippen molar-refractivity contribution in [1.29, 1.82) is 0 Å². The minimum Gasteiger partial charge on any atom is -0.461 e. The Hall–Kier alpha value is -0.0900. The third-order valence-electron chi connectivity index (χ3n) is 2.32. The summed E-state index contributed by atoms with van der Waals surface area (Å²) in [6.07, 6.45) is 1.27. The van der Waals surface area contributed by atoms with Crippen molar-refractivity contribution >= 4 is 39.3 Å². The lowest BCUT2D eigenvalue weighted by atomic mass is 9.87. The SMILES string of the molecule is CC(C)(C)C(=O)CC(CCCCl)OC(=O)CBr. The Bertz CT molecular complexity index is 261. The fraction of sp³-hybridized carbons (Fsp3) is 0.833. The van der Waals surface area contributed by atoms with Crippen LogP contribution in [0.25, 0.3) is 0 Å². The molecule has 0 amide bonds. The highest BCUT2D eigenvalue weighted by molar-refractivity contribution is 9.09. The fourth-order valence-electron chi connectivity index (χ4n) is 1.24. The number of hydrogen-bond donors (Lipinski definition) is 0. The molecule has 0 fully saturated rings. The quantitative estimate of drug-likeness (QED) is 0.532. The summed E-state index contributed by atoms with van der Waals surface area (Å²) < 4.78 is 5.20. The van der Waals surface area contributed by atoms with Gasteiger partial charge in [0.2, 0.25) is 0 Å². The smallest absolute Gasteiger partial charge is 0.316 e. The summed E-state index contributed by atoms with van der Waals surface area (Å²) in [6, 6.07) is 0. The molecule has 1 atom stereocenters. The van der Waals surface area contributed by atoms with Crippen LogP contribution < -0.4 is 0 Å². The van der Waals surface area contributed by atoms with Gasteiger partial charge < -0.3 is 4.74 Å². The van der Waals surface area contributed by atoms with Crippen LogP contribution in [0.5, 0.6) is 0 Å². The number of Topliss-reactive ketones (excluding diaryl/α,β-unsaturated/α-hetero) is 1. The number of ketones is 1. The van der Waals surface area contributed by atoms with Crippen molar-refractivity contribution in [3.8, 4) is 0 Å². The van der Waals surface area contributed by atoms with Crippen LogP contribution in [0.3, 0.4) is 0 Å². The summed E-state index contributed by atoms with van der Waals surface area (Å²) in [5, 5.41) is 0.147. The number of ether oxygens (including phenoxy) is 1. The number of esters is 1. The van der Waals surface area contributed by atoms with Crippen LogP contribution in [0.1, 0.15) is 40.0 Å². The molecule has 0 rings (SSSR count). The molecule has 100 valence electrons. The second-order valence-electron chi connectivity index (χ2n) is 4.95. The molecule has 0 spiro atoms. The minimum atomic E-state index is -0.403. The van der Waals surface area contributed by atoms with E-state index in [1.54, 1.807) is 0 Å². The molecule has 0 aromatic carbocycles. The lowest BCUT2D eigenvalue weighted by Crippen LogP contribution is -2.28. The van der Waals surface area contributed by atoms with E-state index in [-0.39, 0.29) is 29.6 Å². The van der Waals surface area contributed by atoms with E-state index >= 15 is 0 Å². The Morgan fingerprint density at radius 1 is 1.35 bits per heavy atom. The molecule has 5 heteroatoms. The highest BCUT2D eigenvalue weighted by atomic mass is 79.9. The lowest BCUT2D eigenvalue weighted by Gasteiger charge is -2.22. The number of alkyl halides is 2. The summed E-state index contributed by atoms with van der Waals surface area (Å²) in [4.78, 5) is 23.1. The van der Waals surface area contributed by atoms with Gasteiger partial charge >= 0.3 is 5.97 Å². The van der Waals surface area contributed by atoms with E-state index < -0.39 is 5.41 Å². The predicted octanol–water partition coefficient (Wildman–Crippen LogP) is 3.32. The Kier molecular flexibility index (Phi) is 8.05. The van der Waals surface area contributed by atoms with Gasteiger partial charge in [0.05, 0.1) is 0 Å². The molecule has 0 heterocycles. The van der Waals surface area contributed by atoms with Crippen molar-refractivity contribution in [2.24, 2.45) is 5.41 Å². The Morgan fingerprint density at radius 2 is 1.94 bits per heavy atom. The maximum atomic E-state index is 11.9. The molecule has 0 aromatic rings. The zero-order chi connectivity index (χ0) is 13.5. The first kappa shape index (κ1) is 16.9.